The summed E-state index contributed by atoms with van der Waals surface area (Å²) in [6.07, 6.45) is 5.44. The third-order valence-corrected chi connectivity index (χ3v) is 4.37. The van der Waals surface area contributed by atoms with Crippen molar-refractivity contribution in [2.24, 2.45) is 0 Å². The van der Waals surface area contributed by atoms with E-state index in [9.17, 15) is 4.79 Å². The molecular formula is C18H18N6O2. The second kappa shape index (κ2) is 6.57. The fraction of sp³-hybridized carbons (Fsp3) is 0.222. The van der Waals surface area contributed by atoms with Gasteiger partial charge in [-0.25, -0.2) is 14.8 Å². The van der Waals surface area contributed by atoms with E-state index in [4.69, 9.17) is 5.11 Å². The lowest BCUT2D eigenvalue weighted by Crippen LogP contribution is -2.43. The van der Waals surface area contributed by atoms with Crippen LogP contribution < -0.4 is 10.6 Å². The van der Waals surface area contributed by atoms with Crippen molar-refractivity contribution in [3.8, 4) is 11.3 Å². The molecule has 0 atom stereocenters. The average Bonchev–Trinajstić information content (AvgIpc) is 3.03. The molecule has 8 nitrogen and oxygen atoms in total. The van der Waals surface area contributed by atoms with Gasteiger partial charge in [0.25, 0.3) is 0 Å². The molecule has 0 amide bonds. The lowest BCUT2D eigenvalue weighted by Gasteiger charge is -2.27. The number of anilines is 2. The second-order valence-electron chi connectivity index (χ2n) is 6.25. The number of hydrogen-bond donors (Lipinski definition) is 3. The number of aromatic nitrogens is 4. The van der Waals surface area contributed by atoms with Crippen molar-refractivity contribution in [3.63, 3.8) is 0 Å². The summed E-state index contributed by atoms with van der Waals surface area (Å²) in [6.45, 7) is 3.78. The van der Waals surface area contributed by atoms with Crippen LogP contribution in [0.25, 0.3) is 11.3 Å². The Hall–Kier alpha value is -3.26. The number of hydrogen-bond acceptors (Lipinski definition) is 6. The molecule has 1 saturated heterocycles. The number of nitrogens with zero attached hydrogens (tertiary/aromatic N) is 4. The topological polar surface area (TPSA) is 105 Å². The molecule has 1 aromatic carbocycles. The number of carbonyl (C=O) groups is 1. The van der Waals surface area contributed by atoms with E-state index in [-0.39, 0.29) is 5.56 Å². The van der Waals surface area contributed by atoms with Crippen LogP contribution in [0, 0.1) is 6.92 Å². The Bertz CT molecular complexity index is 947. The first-order chi connectivity index (χ1) is 12.6. The van der Waals surface area contributed by atoms with Gasteiger partial charge in [0.1, 0.15) is 0 Å². The number of rotatable bonds is 5. The lowest BCUT2D eigenvalue weighted by molar-refractivity contribution is 0.0697. The summed E-state index contributed by atoms with van der Waals surface area (Å²) < 4.78 is 1.93. The zero-order chi connectivity index (χ0) is 18.1. The van der Waals surface area contributed by atoms with Gasteiger partial charge in [-0.15, -0.1) is 0 Å². The summed E-state index contributed by atoms with van der Waals surface area (Å²) in [5, 5.41) is 19.8. The fourth-order valence-corrected chi connectivity index (χ4v) is 2.76. The number of carboxylic acids is 1. The zero-order valence-corrected chi connectivity index (χ0v) is 14.2. The number of nitrogens with one attached hydrogen (secondary N) is 2. The predicted molar refractivity (Wildman–Crippen MR) is 96.6 cm³/mol. The minimum Gasteiger partial charge on any atom is -0.478 e. The highest BCUT2D eigenvalue weighted by molar-refractivity contribution is 5.88. The number of carboxylic acid groups (broad SMARTS) is 1. The highest BCUT2D eigenvalue weighted by Crippen LogP contribution is 2.24. The average molecular weight is 350 g/mol. The molecule has 8 heteroatoms. The summed E-state index contributed by atoms with van der Waals surface area (Å²) >= 11 is 0. The Morgan fingerprint density at radius 1 is 1.27 bits per heavy atom. The fourth-order valence-electron chi connectivity index (χ4n) is 2.76. The van der Waals surface area contributed by atoms with E-state index in [1.807, 2.05) is 17.8 Å². The SMILES string of the molecule is Cc1cnc(Nc2cnn(C3CNC3)c2)nc1-c1ccc(C(=O)O)cc1. The highest BCUT2D eigenvalue weighted by Gasteiger charge is 2.19. The van der Waals surface area contributed by atoms with Crippen LogP contribution in [0.15, 0.2) is 42.9 Å². The highest BCUT2D eigenvalue weighted by atomic mass is 16.4. The predicted octanol–water partition coefficient (Wildman–Crippen LogP) is 2.23. The lowest BCUT2D eigenvalue weighted by atomic mass is 10.1. The maximum absolute atomic E-state index is 11.0. The molecule has 0 aliphatic carbocycles. The van der Waals surface area contributed by atoms with Gasteiger partial charge < -0.3 is 15.7 Å². The Labute approximate surface area is 149 Å². The first-order valence-corrected chi connectivity index (χ1v) is 8.29. The largest absolute Gasteiger partial charge is 0.478 e. The number of aromatic carboxylic acids is 1. The van der Waals surface area contributed by atoms with E-state index < -0.39 is 5.97 Å². The summed E-state index contributed by atoms with van der Waals surface area (Å²) in [4.78, 5) is 19.9. The molecule has 3 heterocycles. The van der Waals surface area contributed by atoms with Crippen LogP contribution in [0.4, 0.5) is 11.6 Å². The van der Waals surface area contributed by atoms with Crippen LogP contribution in [0.2, 0.25) is 0 Å². The standard InChI is InChI=1S/C18H18N6O2/c1-11-6-20-18(22-14-7-21-24(10-14)15-8-19-9-15)23-16(11)12-2-4-13(5-3-12)17(25)26/h2-7,10,15,19H,8-9H2,1H3,(H,25,26)(H,20,22,23). The number of aryl methyl sites for hydroxylation is 1. The van der Waals surface area contributed by atoms with Gasteiger partial charge in [0.15, 0.2) is 0 Å². The Kier molecular flexibility index (Phi) is 4.10. The monoisotopic (exact) mass is 350 g/mol. The molecule has 2 aromatic heterocycles. The quantitative estimate of drug-likeness (QED) is 0.648. The molecule has 0 saturated carbocycles. The Morgan fingerprint density at radius 2 is 2.04 bits per heavy atom. The van der Waals surface area contributed by atoms with Crippen molar-refractivity contribution >= 4 is 17.6 Å². The van der Waals surface area contributed by atoms with E-state index in [0.29, 0.717) is 12.0 Å². The molecule has 3 N–H and O–H groups in total. The van der Waals surface area contributed by atoms with Gasteiger partial charge in [-0.3, -0.25) is 4.68 Å². The van der Waals surface area contributed by atoms with Gasteiger partial charge in [-0.2, -0.15) is 5.10 Å². The van der Waals surface area contributed by atoms with Crippen molar-refractivity contribution in [2.45, 2.75) is 13.0 Å². The van der Waals surface area contributed by atoms with Crippen molar-refractivity contribution in [1.82, 2.24) is 25.1 Å². The molecule has 0 unspecified atom stereocenters. The summed E-state index contributed by atoms with van der Waals surface area (Å²) in [5.41, 5.74) is 3.59. The van der Waals surface area contributed by atoms with Crippen molar-refractivity contribution in [2.75, 3.05) is 18.4 Å². The molecule has 26 heavy (non-hydrogen) atoms. The number of benzene rings is 1. The van der Waals surface area contributed by atoms with E-state index in [1.54, 1.807) is 36.7 Å². The van der Waals surface area contributed by atoms with Gasteiger partial charge in [0.05, 0.1) is 29.2 Å². The van der Waals surface area contributed by atoms with Gasteiger partial charge in [0, 0.05) is 31.0 Å². The second-order valence-corrected chi connectivity index (χ2v) is 6.25. The van der Waals surface area contributed by atoms with Crippen LogP contribution in [0.1, 0.15) is 22.0 Å². The summed E-state index contributed by atoms with van der Waals surface area (Å²) in [6, 6.07) is 7.05. The third-order valence-electron chi connectivity index (χ3n) is 4.37. The van der Waals surface area contributed by atoms with Crippen LogP contribution >= 0.6 is 0 Å². The maximum atomic E-state index is 11.0. The van der Waals surface area contributed by atoms with Gasteiger partial charge in [-0.1, -0.05) is 12.1 Å². The Morgan fingerprint density at radius 3 is 2.69 bits per heavy atom. The molecule has 132 valence electrons. The zero-order valence-electron chi connectivity index (χ0n) is 14.2. The smallest absolute Gasteiger partial charge is 0.335 e. The van der Waals surface area contributed by atoms with Crippen molar-refractivity contribution in [3.05, 3.63) is 54.0 Å². The normalized spacial score (nSPS) is 14.0. The van der Waals surface area contributed by atoms with Crippen LogP contribution in [-0.4, -0.2) is 43.9 Å². The molecule has 1 aliphatic rings. The summed E-state index contributed by atoms with van der Waals surface area (Å²) in [7, 11) is 0. The van der Waals surface area contributed by atoms with Crippen LogP contribution in [0.3, 0.4) is 0 Å². The summed E-state index contributed by atoms with van der Waals surface area (Å²) in [5.74, 6) is -0.476. The molecule has 1 fully saturated rings. The molecule has 4 rings (SSSR count). The Balaban J connectivity index is 1.57. The minimum absolute atomic E-state index is 0.247. The first kappa shape index (κ1) is 16.2. The maximum Gasteiger partial charge on any atom is 0.335 e. The van der Waals surface area contributed by atoms with Gasteiger partial charge in [-0.05, 0) is 24.6 Å². The van der Waals surface area contributed by atoms with Crippen molar-refractivity contribution in [1.29, 1.82) is 0 Å². The molecule has 3 aromatic rings. The van der Waals surface area contributed by atoms with E-state index in [2.05, 4.69) is 25.7 Å². The first-order valence-electron chi connectivity index (χ1n) is 8.29. The van der Waals surface area contributed by atoms with Crippen molar-refractivity contribution < 1.29 is 9.90 Å². The van der Waals surface area contributed by atoms with Crippen LogP contribution in [0.5, 0.6) is 0 Å². The van der Waals surface area contributed by atoms with Gasteiger partial charge >= 0.3 is 5.97 Å². The molecule has 0 bridgehead atoms. The molecular weight excluding hydrogens is 332 g/mol. The molecule has 0 radical (unpaired) electrons. The molecule has 1 aliphatic heterocycles. The van der Waals surface area contributed by atoms with E-state index >= 15 is 0 Å². The van der Waals surface area contributed by atoms with E-state index in [0.717, 1.165) is 35.6 Å². The molecule has 0 spiro atoms. The third kappa shape index (κ3) is 3.14. The van der Waals surface area contributed by atoms with Crippen LogP contribution in [-0.2, 0) is 0 Å². The van der Waals surface area contributed by atoms with E-state index in [1.165, 1.54) is 0 Å². The minimum atomic E-state index is -0.947. The van der Waals surface area contributed by atoms with Gasteiger partial charge in [0.2, 0.25) is 5.95 Å².